The smallest absolute Gasteiger partial charge is 0.233 e. The van der Waals surface area contributed by atoms with Crippen LogP contribution in [0.2, 0.25) is 0 Å². The van der Waals surface area contributed by atoms with E-state index in [0.29, 0.717) is 19.4 Å². The molecule has 0 bridgehead atoms. The van der Waals surface area contributed by atoms with Crippen LogP contribution in [0.4, 0.5) is 0 Å². The van der Waals surface area contributed by atoms with E-state index in [-0.39, 0.29) is 23.7 Å². The van der Waals surface area contributed by atoms with Crippen molar-refractivity contribution in [1.29, 1.82) is 0 Å². The lowest BCUT2D eigenvalue weighted by Crippen LogP contribution is -2.36. The molecule has 0 spiro atoms. The first-order valence-corrected chi connectivity index (χ1v) is 8.46. The van der Waals surface area contributed by atoms with Crippen LogP contribution in [0.5, 0.6) is 0 Å². The molecule has 2 atom stereocenters. The van der Waals surface area contributed by atoms with Gasteiger partial charge in [0.15, 0.2) is 0 Å². The Morgan fingerprint density at radius 1 is 1.05 bits per heavy atom. The number of hydrogen-bond donors (Lipinski definition) is 0. The largest absolute Gasteiger partial charge is 0.303 e. The number of piperidine rings is 1. The van der Waals surface area contributed by atoms with Gasteiger partial charge in [-0.25, -0.2) is 0 Å². The van der Waals surface area contributed by atoms with E-state index in [4.69, 9.17) is 11.6 Å². The van der Waals surface area contributed by atoms with E-state index in [1.807, 2.05) is 6.08 Å². The summed E-state index contributed by atoms with van der Waals surface area (Å²) in [5, 5.41) is 0.729. The van der Waals surface area contributed by atoms with Crippen LogP contribution in [0.15, 0.2) is 11.1 Å². The van der Waals surface area contributed by atoms with E-state index >= 15 is 0 Å². The van der Waals surface area contributed by atoms with Crippen molar-refractivity contribution in [2.75, 3.05) is 26.2 Å². The highest BCUT2D eigenvalue weighted by Crippen LogP contribution is 2.38. The van der Waals surface area contributed by atoms with Gasteiger partial charge in [0.2, 0.25) is 11.8 Å². The third kappa shape index (κ3) is 3.16. The third-order valence-corrected chi connectivity index (χ3v) is 5.27. The maximum atomic E-state index is 12.4. The lowest BCUT2D eigenvalue weighted by atomic mass is 9.85. The highest BCUT2D eigenvalue weighted by molar-refractivity contribution is 6.30. The molecule has 21 heavy (non-hydrogen) atoms. The van der Waals surface area contributed by atoms with Crippen LogP contribution >= 0.6 is 11.6 Å². The summed E-state index contributed by atoms with van der Waals surface area (Å²) in [6.45, 7) is 3.88. The van der Waals surface area contributed by atoms with Gasteiger partial charge in [0.1, 0.15) is 0 Å². The monoisotopic (exact) mass is 310 g/mol. The molecule has 0 radical (unpaired) electrons. The van der Waals surface area contributed by atoms with Crippen molar-refractivity contribution in [1.82, 2.24) is 9.80 Å². The van der Waals surface area contributed by atoms with Gasteiger partial charge in [-0.2, -0.15) is 0 Å². The molecule has 1 aliphatic carbocycles. The first kappa shape index (κ1) is 15.0. The van der Waals surface area contributed by atoms with Crippen molar-refractivity contribution in [3.63, 3.8) is 0 Å². The molecule has 3 aliphatic rings. The number of carbonyl (C=O) groups is 2. The number of likely N-dealkylation sites (tertiary alicyclic amines) is 2. The topological polar surface area (TPSA) is 40.6 Å². The van der Waals surface area contributed by atoms with Crippen LogP contribution in [0.25, 0.3) is 0 Å². The number of amides is 2. The number of nitrogens with zero attached hydrogens (tertiary/aromatic N) is 2. The Kier molecular flexibility index (Phi) is 4.65. The molecule has 0 aromatic heterocycles. The molecule has 5 heteroatoms. The van der Waals surface area contributed by atoms with E-state index in [1.54, 1.807) is 0 Å². The normalized spacial score (nSPS) is 30.5. The van der Waals surface area contributed by atoms with E-state index < -0.39 is 0 Å². The fourth-order valence-corrected chi connectivity index (χ4v) is 4.01. The van der Waals surface area contributed by atoms with Crippen LogP contribution in [0.3, 0.4) is 0 Å². The zero-order valence-corrected chi connectivity index (χ0v) is 13.1. The molecular weight excluding hydrogens is 288 g/mol. The molecule has 0 aromatic carbocycles. The van der Waals surface area contributed by atoms with E-state index in [2.05, 4.69) is 4.90 Å². The maximum Gasteiger partial charge on any atom is 0.233 e. The van der Waals surface area contributed by atoms with Crippen LogP contribution in [0.1, 0.15) is 38.5 Å². The van der Waals surface area contributed by atoms with Crippen molar-refractivity contribution in [3.8, 4) is 0 Å². The molecule has 3 rings (SSSR count). The summed E-state index contributed by atoms with van der Waals surface area (Å²) in [7, 11) is 0. The lowest BCUT2D eigenvalue weighted by Gasteiger charge is -2.27. The summed E-state index contributed by atoms with van der Waals surface area (Å²) >= 11 is 6.02. The molecule has 0 N–H and O–H groups in total. The van der Waals surface area contributed by atoms with Gasteiger partial charge in [-0.1, -0.05) is 24.1 Å². The fourth-order valence-electron chi connectivity index (χ4n) is 3.75. The zero-order chi connectivity index (χ0) is 14.8. The lowest BCUT2D eigenvalue weighted by molar-refractivity contribution is -0.140. The molecule has 2 unspecified atom stereocenters. The SMILES string of the molecule is O=C1C2CC=C(Cl)CC2C(=O)N1CCCN1CCCCC1. The molecule has 2 aliphatic heterocycles. The van der Waals surface area contributed by atoms with Crippen molar-refractivity contribution in [3.05, 3.63) is 11.1 Å². The Balaban J connectivity index is 1.52. The molecule has 2 saturated heterocycles. The second-order valence-corrected chi connectivity index (χ2v) is 6.87. The third-order valence-electron chi connectivity index (χ3n) is 4.97. The highest BCUT2D eigenvalue weighted by Gasteiger charge is 2.47. The molecule has 0 aromatic rings. The minimum absolute atomic E-state index is 0.00473. The summed E-state index contributed by atoms with van der Waals surface area (Å²) < 4.78 is 0. The second kappa shape index (κ2) is 6.49. The van der Waals surface area contributed by atoms with Crippen molar-refractivity contribution in [2.45, 2.75) is 38.5 Å². The second-order valence-electron chi connectivity index (χ2n) is 6.39. The van der Waals surface area contributed by atoms with Gasteiger partial charge in [-0.05, 0) is 51.7 Å². The number of halogens is 1. The van der Waals surface area contributed by atoms with Gasteiger partial charge < -0.3 is 4.90 Å². The molecule has 0 saturated carbocycles. The van der Waals surface area contributed by atoms with Gasteiger partial charge in [0.25, 0.3) is 0 Å². The number of carbonyl (C=O) groups excluding carboxylic acids is 2. The van der Waals surface area contributed by atoms with Gasteiger partial charge in [0, 0.05) is 11.6 Å². The molecule has 4 nitrogen and oxygen atoms in total. The van der Waals surface area contributed by atoms with E-state index in [0.717, 1.165) is 31.1 Å². The fraction of sp³-hybridized carbons (Fsp3) is 0.750. The van der Waals surface area contributed by atoms with Gasteiger partial charge in [-0.15, -0.1) is 0 Å². The average molecular weight is 311 g/mol. The van der Waals surface area contributed by atoms with E-state index in [1.165, 1.54) is 24.2 Å². The number of fused-ring (bicyclic) bond motifs is 1. The minimum Gasteiger partial charge on any atom is -0.303 e. The maximum absolute atomic E-state index is 12.4. The Hall–Kier alpha value is -0.870. The number of allylic oxidation sites excluding steroid dienone is 2. The quantitative estimate of drug-likeness (QED) is 0.749. The van der Waals surface area contributed by atoms with Crippen molar-refractivity contribution >= 4 is 23.4 Å². The average Bonchev–Trinajstić information content (AvgIpc) is 2.73. The Morgan fingerprint density at radius 2 is 1.76 bits per heavy atom. The molecule has 2 heterocycles. The number of hydrogen-bond acceptors (Lipinski definition) is 3. The first-order chi connectivity index (χ1) is 10.2. The summed E-state index contributed by atoms with van der Waals surface area (Å²) in [6, 6.07) is 0. The standard InChI is InChI=1S/C16H23ClN2O2/c17-12-5-6-13-14(11-12)16(21)19(15(13)20)10-4-9-18-7-2-1-3-8-18/h5,13-14H,1-4,6-11H2. The summed E-state index contributed by atoms with van der Waals surface area (Å²) in [6.07, 6.45) is 7.82. The predicted molar refractivity (Wildman–Crippen MR) is 81.8 cm³/mol. The van der Waals surface area contributed by atoms with Crippen LogP contribution < -0.4 is 0 Å². The van der Waals surface area contributed by atoms with Gasteiger partial charge in [-0.3, -0.25) is 14.5 Å². The zero-order valence-electron chi connectivity index (χ0n) is 12.4. The number of rotatable bonds is 4. The Bertz CT molecular complexity index is 457. The molecular formula is C16H23ClN2O2. The van der Waals surface area contributed by atoms with Gasteiger partial charge in [0.05, 0.1) is 11.8 Å². The van der Waals surface area contributed by atoms with Crippen molar-refractivity contribution < 1.29 is 9.59 Å². The molecule has 2 fully saturated rings. The minimum atomic E-state index is -0.204. The first-order valence-electron chi connectivity index (χ1n) is 8.09. The van der Waals surface area contributed by atoms with Crippen LogP contribution in [-0.4, -0.2) is 47.8 Å². The predicted octanol–water partition coefficient (Wildman–Crippen LogP) is 2.38. The molecule has 2 amide bonds. The van der Waals surface area contributed by atoms with Gasteiger partial charge >= 0.3 is 0 Å². The number of imide groups is 1. The summed E-state index contributed by atoms with van der Waals surface area (Å²) in [4.78, 5) is 28.7. The van der Waals surface area contributed by atoms with Crippen LogP contribution in [-0.2, 0) is 9.59 Å². The van der Waals surface area contributed by atoms with E-state index in [9.17, 15) is 9.59 Å². The van der Waals surface area contributed by atoms with Crippen molar-refractivity contribution in [2.24, 2.45) is 11.8 Å². The van der Waals surface area contributed by atoms with Crippen LogP contribution in [0, 0.1) is 11.8 Å². The Labute approximate surface area is 131 Å². The summed E-state index contributed by atoms with van der Waals surface area (Å²) in [5.74, 6) is -0.348. The summed E-state index contributed by atoms with van der Waals surface area (Å²) in [5.41, 5.74) is 0. The Morgan fingerprint density at radius 3 is 2.52 bits per heavy atom. The molecule has 116 valence electrons. The highest BCUT2D eigenvalue weighted by atomic mass is 35.5.